The fraction of sp³-hybridized carbons (Fsp3) is 0.500. The Morgan fingerprint density at radius 2 is 1.46 bits per heavy atom. The molecule has 6 atom stereocenters. The maximum atomic E-state index is 11.9. The van der Waals surface area contributed by atoms with Crippen LogP contribution in [0.15, 0.2) is 24.3 Å². The Labute approximate surface area is 212 Å². The summed E-state index contributed by atoms with van der Waals surface area (Å²) in [6.45, 7) is 5.17. The fourth-order valence-electron chi connectivity index (χ4n) is 3.52. The second-order valence-electron chi connectivity index (χ2n) is 7.88. The summed E-state index contributed by atoms with van der Waals surface area (Å²) in [4.78, 5) is 58.4. The molecule has 0 radical (unpaired) electrons. The maximum absolute atomic E-state index is 11.9. The van der Waals surface area contributed by atoms with Gasteiger partial charge in [-0.15, -0.1) is 0 Å². The first kappa shape index (κ1) is 29.2. The summed E-state index contributed by atoms with van der Waals surface area (Å²) in [6.07, 6.45) is -8.44. The van der Waals surface area contributed by atoms with Gasteiger partial charge in [0.05, 0.1) is 6.07 Å². The minimum absolute atomic E-state index is 0.149. The second kappa shape index (κ2) is 13.3. The Hall–Kier alpha value is -4.02. The highest BCUT2D eigenvalue weighted by Crippen LogP contribution is 2.33. The maximum Gasteiger partial charge on any atom is 0.308 e. The first-order chi connectivity index (χ1) is 17.4. The van der Waals surface area contributed by atoms with Gasteiger partial charge >= 0.3 is 29.8 Å². The van der Waals surface area contributed by atoms with Crippen molar-refractivity contribution < 1.29 is 57.1 Å². The molecule has 37 heavy (non-hydrogen) atoms. The van der Waals surface area contributed by atoms with Crippen molar-refractivity contribution in [1.29, 1.82) is 5.26 Å². The van der Waals surface area contributed by atoms with Gasteiger partial charge in [0.2, 0.25) is 6.29 Å². The molecule has 1 aliphatic heterocycles. The average Bonchev–Trinajstić information content (AvgIpc) is 2.78. The van der Waals surface area contributed by atoms with Crippen LogP contribution in [0.4, 0.5) is 0 Å². The van der Waals surface area contributed by atoms with Crippen LogP contribution in [0.2, 0.25) is 0 Å². The summed E-state index contributed by atoms with van der Waals surface area (Å²) in [5.74, 6) is -3.51. The van der Waals surface area contributed by atoms with Crippen molar-refractivity contribution >= 4 is 29.8 Å². The summed E-state index contributed by atoms with van der Waals surface area (Å²) in [5, 5.41) is 9.81. The SMILES string of the molecule is CC(=O)OCC1OC(OC(C#N)c2cccc(OC(C)=O)c2)C(OC(C)=O)C(OC(C)=O)C1OC(C)=O. The normalized spacial score (nSPS) is 23.5. The molecule has 200 valence electrons. The Morgan fingerprint density at radius 1 is 0.865 bits per heavy atom. The molecule has 0 N–H and O–H groups in total. The van der Waals surface area contributed by atoms with E-state index in [-0.39, 0.29) is 11.3 Å². The zero-order valence-corrected chi connectivity index (χ0v) is 20.8. The lowest BCUT2D eigenvalue weighted by Gasteiger charge is -2.44. The summed E-state index contributed by atoms with van der Waals surface area (Å²) in [7, 11) is 0. The number of carbonyl (C=O) groups excluding carboxylic acids is 5. The van der Waals surface area contributed by atoms with Gasteiger partial charge in [0.1, 0.15) is 18.5 Å². The molecule has 0 bridgehead atoms. The number of nitrogens with zero attached hydrogens (tertiary/aromatic N) is 1. The molecule has 1 aromatic rings. The topological polar surface area (TPSA) is 174 Å². The monoisotopic (exact) mass is 521 g/mol. The summed E-state index contributed by atoms with van der Waals surface area (Å²) >= 11 is 0. The zero-order chi connectivity index (χ0) is 27.7. The van der Waals surface area contributed by atoms with Gasteiger partial charge < -0.3 is 33.2 Å². The van der Waals surface area contributed by atoms with Crippen molar-refractivity contribution in [2.75, 3.05) is 6.61 Å². The number of esters is 5. The van der Waals surface area contributed by atoms with E-state index in [1.54, 1.807) is 0 Å². The minimum atomic E-state index is -1.55. The lowest BCUT2D eigenvalue weighted by molar-refractivity contribution is -0.314. The van der Waals surface area contributed by atoms with Crippen molar-refractivity contribution in [1.82, 2.24) is 0 Å². The molecule has 1 fully saturated rings. The summed E-state index contributed by atoms with van der Waals surface area (Å²) in [6, 6.07) is 7.85. The molecule has 2 rings (SSSR count). The third-order valence-electron chi connectivity index (χ3n) is 4.76. The highest BCUT2D eigenvalue weighted by atomic mass is 16.7. The first-order valence-corrected chi connectivity index (χ1v) is 11.0. The van der Waals surface area contributed by atoms with Gasteiger partial charge in [-0.1, -0.05) is 12.1 Å². The third kappa shape index (κ3) is 8.85. The largest absolute Gasteiger partial charge is 0.463 e. The predicted octanol–water partition coefficient (Wildman–Crippen LogP) is 1.28. The van der Waals surface area contributed by atoms with E-state index in [0.29, 0.717) is 0 Å². The van der Waals surface area contributed by atoms with Gasteiger partial charge in [0.15, 0.2) is 24.4 Å². The molecule has 13 heteroatoms. The van der Waals surface area contributed by atoms with E-state index in [1.165, 1.54) is 31.2 Å². The van der Waals surface area contributed by atoms with Gasteiger partial charge in [-0.2, -0.15) is 5.26 Å². The quantitative estimate of drug-likeness (QED) is 0.258. The molecule has 1 aliphatic rings. The van der Waals surface area contributed by atoms with Crippen molar-refractivity contribution in [3.8, 4) is 11.8 Å². The predicted molar refractivity (Wildman–Crippen MR) is 119 cm³/mol. The Balaban J connectivity index is 2.48. The van der Waals surface area contributed by atoms with Crippen LogP contribution in [0.25, 0.3) is 0 Å². The molecule has 0 spiro atoms. The Morgan fingerprint density at radius 3 is 2.00 bits per heavy atom. The molecule has 1 heterocycles. The lowest BCUT2D eigenvalue weighted by atomic mass is 9.98. The summed E-state index contributed by atoms with van der Waals surface area (Å²) in [5.41, 5.74) is 0.258. The van der Waals surface area contributed by atoms with Gasteiger partial charge in [-0.25, -0.2) is 0 Å². The van der Waals surface area contributed by atoms with Crippen molar-refractivity contribution in [3.05, 3.63) is 29.8 Å². The molecular formula is C24H27NO12. The van der Waals surface area contributed by atoms with E-state index in [1.807, 2.05) is 6.07 Å². The molecule has 6 unspecified atom stereocenters. The molecule has 0 saturated carbocycles. The van der Waals surface area contributed by atoms with Gasteiger partial charge in [0, 0.05) is 34.6 Å². The van der Waals surface area contributed by atoms with E-state index >= 15 is 0 Å². The van der Waals surface area contributed by atoms with Gasteiger partial charge in [-0.3, -0.25) is 24.0 Å². The highest BCUT2D eigenvalue weighted by Gasteiger charge is 2.53. The van der Waals surface area contributed by atoms with E-state index < -0.39 is 73.3 Å². The van der Waals surface area contributed by atoms with Crippen LogP contribution in [0, 0.1) is 11.3 Å². The molecular weight excluding hydrogens is 494 g/mol. The number of ether oxygens (including phenoxy) is 7. The molecule has 0 aromatic heterocycles. The molecule has 0 amide bonds. The third-order valence-corrected chi connectivity index (χ3v) is 4.76. The second-order valence-corrected chi connectivity index (χ2v) is 7.88. The summed E-state index contributed by atoms with van der Waals surface area (Å²) < 4.78 is 37.7. The van der Waals surface area contributed by atoms with E-state index in [4.69, 9.17) is 33.2 Å². The number of nitriles is 1. The van der Waals surface area contributed by atoms with Crippen molar-refractivity contribution in [2.24, 2.45) is 0 Å². The molecule has 1 aromatic carbocycles. The number of hydrogen-bond donors (Lipinski definition) is 0. The smallest absolute Gasteiger partial charge is 0.308 e. The van der Waals surface area contributed by atoms with Crippen LogP contribution in [-0.4, -0.2) is 67.2 Å². The standard InChI is InChI=1S/C24H27NO12/c1-12(26)31-11-20-21(33-14(3)28)22(34-15(4)29)23(35-16(5)30)24(37-20)36-19(10-25)17-7-6-8-18(9-17)32-13(2)27/h6-9,19-24H,11H2,1-5H3. The van der Waals surface area contributed by atoms with E-state index in [9.17, 15) is 29.2 Å². The number of rotatable bonds is 9. The molecule has 13 nitrogen and oxygen atoms in total. The number of carbonyl (C=O) groups is 5. The highest BCUT2D eigenvalue weighted by molar-refractivity contribution is 5.69. The van der Waals surface area contributed by atoms with Crippen LogP contribution in [-0.2, 0) is 52.4 Å². The number of benzene rings is 1. The van der Waals surface area contributed by atoms with Crippen LogP contribution in [0.3, 0.4) is 0 Å². The Bertz CT molecular complexity index is 1060. The first-order valence-electron chi connectivity index (χ1n) is 11.0. The lowest BCUT2D eigenvalue weighted by Crippen LogP contribution is -2.63. The van der Waals surface area contributed by atoms with Crippen LogP contribution < -0.4 is 4.74 Å². The van der Waals surface area contributed by atoms with Crippen molar-refractivity contribution in [2.45, 2.75) is 71.4 Å². The molecule has 1 saturated heterocycles. The van der Waals surface area contributed by atoms with Gasteiger partial charge in [0.25, 0.3) is 0 Å². The Kier molecular flexibility index (Phi) is 10.5. The fourth-order valence-corrected chi connectivity index (χ4v) is 3.52. The van der Waals surface area contributed by atoms with E-state index in [0.717, 1.165) is 27.7 Å². The zero-order valence-electron chi connectivity index (χ0n) is 20.8. The average molecular weight is 521 g/mol. The molecule has 0 aliphatic carbocycles. The van der Waals surface area contributed by atoms with Crippen LogP contribution in [0.5, 0.6) is 5.75 Å². The minimum Gasteiger partial charge on any atom is -0.463 e. The number of hydrogen-bond acceptors (Lipinski definition) is 13. The van der Waals surface area contributed by atoms with Crippen LogP contribution >= 0.6 is 0 Å². The van der Waals surface area contributed by atoms with E-state index in [2.05, 4.69) is 0 Å². The van der Waals surface area contributed by atoms with Crippen LogP contribution in [0.1, 0.15) is 46.3 Å². The van der Waals surface area contributed by atoms with Gasteiger partial charge in [-0.05, 0) is 17.7 Å². The van der Waals surface area contributed by atoms with Crippen molar-refractivity contribution in [3.63, 3.8) is 0 Å².